The van der Waals surface area contributed by atoms with Gasteiger partial charge in [0.25, 0.3) is 11.1 Å². The highest BCUT2D eigenvalue weighted by molar-refractivity contribution is 7.47. The van der Waals surface area contributed by atoms with Crippen molar-refractivity contribution in [3.63, 3.8) is 0 Å². The quantitative estimate of drug-likeness (QED) is 0.107. The van der Waals surface area contributed by atoms with Crippen LogP contribution in [0.1, 0.15) is 12.5 Å². The fraction of sp³-hybridized carbons (Fsp3) is 0.357. The predicted molar refractivity (Wildman–Crippen MR) is 159 cm³/mol. The highest BCUT2D eigenvalue weighted by atomic mass is 31.2. The van der Waals surface area contributed by atoms with Gasteiger partial charge in [0, 0.05) is 24.5 Å². The molecule has 18 nitrogen and oxygen atoms in total. The first kappa shape index (κ1) is 32.7. The molecule has 9 atom stereocenters. The van der Waals surface area contributed by atoms with Crippen LogP contribution in [0.5, 0.6) is 5.75 Å². The smallest absolute Gasteiger partial charge is 0.472 e. The molecule has 4 heterocycles. The molecule has 250 valence electrons. The molecule has 47 heavy (non-hydrogen) atoms. The standard InChI is InChI=1S/C28H29N4O14P/c33-12-17-23(46-47(40,41)42-13-18-21(36)22(37)25(45-18)31-9-7-19(34)29-27(31)38)24(26(44-17)32-10-8-20(35)30-28(32)39)43-16-6-5-14-3-1-2-4-15(14)11-16/h1-11,17-18,21-26,33,36-37H,12-13H2,(H,40,41)(H,29,34,38)(H,30,35,39)/t17-,18-,21-,22-,23-,24-,25-,26-/m1/s1. The number of benzene rings is 2. The summed E-state index contributed by atoms with van der Waals surface area (Å²) in [6.45, 7) is -1.58. The molecule has 1 unspecified atom stereocenters. The molecule has 6 N–H and O–H groups in total. The van der Waals surface area contributed by atoms with Gasteiger partial charge in [-0.3, -0.25) is 37.7 Å². The summed E-state index contributed by atoms with van der Waals surface area (Å²) in [7, 11) is -5.12. The van der Waals surface area contributed by atoms with E-state index in [4.69, 9.17) is 23.3 Å². The molecular formula is C28H29N4O14P. The number of aromatic nitrogens is 4. The van der Waals surface area contributed by atoms with Crippen LogP contribution in [0.25, 0.3) is 10.8 Å². The normalized spacial score (nSPS) is 28.8. The summed E-state index contributed by atoms with van der Waals surface area (Å²) in [6, 6.07) is 14.5. The second-order valence-electron chi connectivity index (χ2n) is 10.8. The van der Waals surface area contributed by atoms with Gasteiger partial charge in [-0.1, -0.05) is 30.3 Å². The Morgan fingerprint density at radius 3 is 2.04 bits per heavy atom. The van der Waals surface area contributed by atoms with Crippen molar-refractivity contribution in [1.82, 2.24) is 19.1 Å². The molecular weight excluding hydrogens is 647 g/mol. The van der Waals surface area contributed by atoms with Crippen molar-refractivity contribution in [1.29, 1.82) is 0 Å². The fourth-order valence-electron chi connectivity index (χ4n) is 5.43. The second kappa shape index (κ2) is 13.1. The first-order valence-corrected chi connectivity index (χ1v) is 15.7. The molecule has 2 aromatic carbocycles. The van der Waals surface area contributed by atoms with E-state index >= 15 is 0 Å². The fourth-order valence-corrected chi connectivity index (χ4v) is 6.39. The van der Waals surface area contributed by atoms with Crippen molar-refractivity contribution >= 4 is 18.6 Å². The number of ether oxygens (including phenoxy) is 3. The van der Waals surface area contributed by atoms with E-state index in [9.17, 15) is 44.0 Å². The minimum atomic E-state index is -5.12. The Balaban J connectivity index is 1.24. The molecule has 6 rings (SSSR count). The maximum absolute atomic E-state index is 13.3. The van der Waals surface area contributed by atoms with E-state index < -0.39 is 92.6 Å². The van der Waals surface area contributed by atoms with Gasteiger partial charge in [0.05, 0.1) is 13.2 Å². The Morgan fingerprint density at radius 1 is 0.787 bits per heavy atom. The zero-order valence-corrected chi connectivity index (χ0v) is 25.0. The number of phosphoric ester groups is 1. The number of aromatic amines is 2. The van der Waals surface area contributed by atoms with Gasteiger partial charge in [0.15, 0.2) is 18.6 Å². The molecule has 2 aromatic heterocycles. The third kappa shape index (κ3) is 6.77. The van der Waals surface area contributed by atoms with Crippen molar-refractivity contribution < 1.29 is 48.0 Å². The predicted octanol–water partition coefficient (Wildman–Crippen LogP) is -1.30. The number of nitrogens with zero attached hydrogens (tertiary/aromatic N) is 2. The van der Waals surface area contributed by atoms with Gasteiger partial charge in [-0.05, 0) is 22.9 Å². The second-order valence-corrected chi connectivity index (χ2v) is 12.2. The van der Waals surface area contributed by atoms with Crippen molar-refractivity contribution in [3.8, 4) is 5.75 Å². The van der Waals surface area contributed by atoms with Crippen LogP contribution in [0.15, 0.2) is 86.2 Å². The maximum Gasteiger partial charge on any atom is 0.472 e. The summed E-state index contributed by atoms with van der Waals surface area (Å²) in [4.78, 5) is 62.8. The summed E-state index contributed by atoms with van der Waals surface area (Å²) >= 11 is 0. The SMILES string of the molecule is O=c1ccn([C@@H]2O[C@H](COP(=O)(O)O[C@H]3[C@@H](Oc4ccc5ccccc5c4)[C@H](n4ccc(=O)[nH]c4=O)O[C@@H]3CO)[C@@H](O)[C@H]2O)c(=O)[nH]1. The van der Waals surface area contributed by atoms with Gasteiger partial charge < -0.3 is 34.4 Å². The number of aliphatic hydroxyl groups is 3. The summed E-state index contributed by atoms with van der Waals surface area (Å²) in [6.07, 6.45) is -9.79. The van der Waals surface area contributed by atoms with Gasteiger partial charge in [-0.15, -0.1) is 0 Å². The van der Waals surface area contributed by atoms with Crippen LogP contribution < -0.4 is 27.2 Å². The topological polar surface area (TPSA) is 254 Å². The third-order valence-corrected chi connectivity index (χ3v) is 8.69. The lowest BCUT2D eigenvalue weighted by atomic mass is 10.1. The van der Waals surface area contributed by atoms with Crippen LogP contribution in [0.3, 0.4) is 0 Å². The number of rotatable bonds is 10. The Labute approximate surface area is 262 Å². The zero-order valence-electron chi connectivity index (χ0n) is 24.1. The molecule has 2 saturated heterocycles. The van der Waals surface area contributed by atoms with Crippen LogP contribution in [0, 0.1) is 0 Å². The molecule has 19 heteroatoms. The molecule has 2 aliphatic rings. The van der Waals surface area contributed by atoms with Gasteiger partial charge >= 0.3 is 19.2 Å². The summed E-state index contributed by atoms with van der Waals surface area (Å²) in [5, 5.41) is 32.8. The molecule has 0 spiro atoms. The average molecular weight is 677 g/mol. The molecule has 0 radical (unpaired) electrons. The van der Waals surface area contributed by atoms with E-state index in [1.165, 1.54) is 0 Å². The Hall–Kier alpha value is -4.23. The highest BCUT2D eigenvalue weighted by Gasteiger charge is 2.52. The van der Waals surface area contributed by atoms with E-state index in [2.05, 4.69) is 4.98 Å². The zero-order chi connectivity index (χ0) is 33.5. The van der Waals surface area contributed by atoms with Crippen LogP contribution in [0.2, 0.25) is 0 Å². The van der Waals surface area contributed by atoms with Crippen molar-refractivity contribution in [2.45, 2.75) is 49.1 Å². The van der Waals surface area contributed by atoms with Gasteiger partial charge in [-0.2, -0.15) is 0 Å². The van der Waals surface area contributed by atoms with E-state index in [1.54, 1.807) is 18.2 Å². The van der Waals surface area contributed by atoms with Crippen molar-refractivity contribution in [2.75, 3.05) is 13.2 Å². The lowest BCUT2D eigenvalue weighted by Gasteiger charge is -2.27. The Morgan fingerprint density at radius 2 is 1.40 bits per heavy atom. The number of H-pyrrole nitrogens is 2. The Kier molecular flexibility index (Phi) is 9.12. The first-order chi connectivity index (χ1) is 22.4. The molecule has 4 aromatic rings. The van der Waals surface area contributed by atoms with Crippen LogP contribution >= 0.6 is 7.82 Å². The molecule has 0 aliphatic carbocycles. The molecule has 0 bridgehead atoms. The number of phosphoric acid groups is 1. The maximum atomic E-state index is 13.3. The van der Waals surface area contributed by atoms with Gasteiger partial charge in [0.2, 0.25) is 0 Å². The number of aliphatic hydroxyl groups excluding tert-OH is 3. The highest BCUT2D eigenvalue weighted by Crippen LogP contribution is 2.49. The molecule has 0 saturated carbocycles. The first-order valence-electron chi connectivity index (χ1n) is 14.2. The summed E-state index contributed by atoms with van der Waals surface area (Å²) < 4.78 is 43.1. The number of nitrogens with one attached hydrogen (secondary N) is 2. The van der Waals surface area contributed by atoms with E-state index in [1.807, 2.05) is 29.2 Å². The van der Waals surface area contributed by atoms with Crippen LogP contribution in [-0.4, -0.2) is 89.2 Å². The lowest BCUT2D eigenvalue weighted by molar-refractivity contribution is -0.0615. The van der Waals surface area contributed by atoms with Crippen molar-refractivity contribution in [2.24, 2.45) is 0 Å². The van der Waals surface area contributed by atoms with Gasteiger partial charge in [-0.25, -0.2) is 14.2 Å². The van der Waals surface area contributed by atoms with Crippen LogP contribution in [-0.2, 0) is 23.1 Å². The van der Waals surface area contributed by atoms with E-state index in [0.717, 1.165) is 44.4 Å². The molecule has 0 amide bonds. The van der Waals surface area contributed by atoms with E-state index in [0.29, 0.717) is 0 Å². The van der Waals surface area contributed by atoms with Crippen LogP contribution in [0.4, 0.5) is 0 Å². The van der Waals surface area contributed by atoms with Gasteiger partial charge in [0.1, 0.15) is 36.3 Å². The minimum absolute atomic E-state index is 0.251. The molecule has 2 fully saturated rings. The lowest BCUT2D eigenvalue weighted by Crippen LogP contribution is -2.42. The number of hydrogen-bond acceptors (Lipinski definition) is 13. The Bertz CT molecular complexity index is 2040. The summed E-state index contributed by atoms with van der Waals surface area (Å²) in [5.74, 6) is 0.251. The number of fused-ring (bicyclic) bond motifs is 1. The average Bonchev–Trinajstić information content (AvgIpc) is 3.51. The minimum Gasteiger partial charge on any atom is -0.483 e. The molecule has 2 aliphatic heterocycles. The summed E-state index contributed by atoms with van der Waals surface area (Å²) in [5.41, 5.74) is -3.22. The number of hydrogen-bond donors (Lipinski definition) is 6. The van der Waals surface area contributed by atoms with Crippen molar-refractivity contribution in [3.05, 3.63) is 109 Å². The monoisotopic (exact) mass is 676 g/mol. The third-order valence-electron chi connectivity index (χ3n) is 7.70. The van der Waals surface area contributed by atoms with E-state index in [-0.39, 0.29) is 5.75 Å². The largest absolute Gasteiger partial charge is 0.483 e.